The van der Waals surface area contributed by atoms with Gasteiger partial charge < -0.3 is 9.93 Å². The molecular formula is C15H12N4O. The van der Waals surface area contributed by atoms with E-state index in [1.165, 1.54) is 6.21 Å². The smallest absolute Gasteiger partial charge is 0.258 e. The van der Waals surface area contributed by atoms with Crippen LogP contribution in [-0.2, 0) is 0 Å². The second kappa shape index (κ2) is 6.25. The van der Waals surface area contributed by atoms with Gasteiger partial charge in [-0.05, 0) is 36.8 Å². The lowest BCUT2D eigenvalue weighted by Gasteiger charge is -1.93. The lowest BCUT2D eigenvalue weighted by atomic mass is 10.1. The van der Waals surface area contributed by atoms with Gasteiger partial charge in [0, 0.05) is 11.8 Å². The molecule has 0 radical (unpaired) electrons. The molecule has 2 aromatic rings. The molecule has 1 aromatic carbocycles. The molecule has 0 amide bonds. The van der Waals surface area contributed by atoms with Crippen molar-refractivity contribution in [3.05, 3.63) is 53.4 Å². The SMILES string of the molecule is C/C(C=N)=C/C=C/c1noc(-c2cccc(C#N)c2)n1. The molecule has 0 saturated carbocycles. The third-order valence-corrected chi connectivity index (χ3v) is 2.51. The Morgan fingerprint density at radius 3 is 3.05 bits per heavy atom. The van der Waals surface area contributed by atoms with Crippen molar-refractivity contribution in [3.8, 4) is 17.5 Å². The summed E-state index contributed by atoms with van der Waals surface area (Å²) in [7, 11) is 0. The average Bonchev–Trinajstić information content (AvgIpc) is 2.96. The number of rotatable bonds is 4. The lowest BCUT2D eigenvalue weighted by Crippen LogP contribution is -1.80. The first-order valence-corrected chi connectivity index (χ1v) is 5.92. The summed E-state index contributed by atoms with van der Waals surface area (Å²) < 4.78 is 5.15. The standard InChI is InChI=1S/C15H12N4O/c1-11(9-16)4-2-7-14-18-15(20-19-14)13-6-3-5-12(8-13)10-17/h2-9,16H,1H3/b7-2+,11-4-,16-9?. The monoisotopic (exact) mass is 264 g/mol. The summed E-state index contributed by atoms with van der Waals surface area (Å²) in [5, 5.41) is 19.7. The van der Waals surface area contributed by atoms with Gasteiger partial charge in [-0.2, -0.15) is 10.2 Å². The molecule has 5 nitrogen and oxygen atoms in total. The minimum atomic E-state index is 0.370. The summed E-state index contributed by atoms with van der Waals surface area (Å²) in [4.78, 5) is 4.22. The third-order valence-electron chi connectivity index (χ3n) is 2.51. The molecule has 0 atom stereocenters. The predicted octanol–water partition coefficient (Wildman–Crippen LogP) is 3.22. The molecule has 1 heterocycles. The van der Waals surface area contributed by atoms with Crippen molar-refractivity contribution in [2.24, 2.45) is 0 Å². The number of nitriles is 1. The quantitative estimate of drug-likeness (QED) is 0.678. The number of benzene rings is 1. The van der Waals surface area contributed by atoms with E-state index >= 15 is 0 Å². The van der Waals surface area contributed by atoms with Crippen LogP contribution >= 0.6 is 0 Å². The Balaban J connectivity index is 2.21. The Morgan fingerprint density at radius 2 is 2.30 bits per heavy atom. The van der Waals surface area contributed by atoms with Crippen LogP contribution in [0.5, 0.6) is 0 Å². The Bertz CT molecular complexity index is 719. The van der Waals surface area contributed by atoms with Crippen molar-refractivity contribution >= 4 is 12.3 Å². The van der Waals surface area contributed by atoms with Crippen LogP contribution in [-0.4, -0.2) is 16.4 Å². The Kier molecular flexibility index (Phi) is 4.20. The van der Waals surface area contributed by atoms with Crippen molar-refractivity contribution in [1.29, 1.82) is 10.7 Å². The fourth-order valence-corrected chi connectivity index (χ4v) is 1.48. The second-order valence-corrected chi connectivity index (χ2v) is 4.06. The zero-order valence-electron chi connectivity index (χ0n) is 10.9. The van der Waals surface area contributed by atoms with E-state index in [9.17, 15) is 0 Å². The number of nitrogens with one attached hydrogen (secondary N) is 1. The maximum Gasteiger partial charge on any atom is 0.258 e. The highest BCUT2D eigenvalue weighted by Crippen LogP contribution is 2.18. The molecule has 20 heavy (non-hydrogen) atoms. The Labute approximate surface area is 116 Å². The maximum atomic E-state index is 8.85. The van der Waals surface area contributed by atoms with E-state index in [1.54, 1.807) is 42.5 Å². The molecule has 0 saturated heterocycles. The van der Waals surface area contributed by atoms with Crippen LogP contribution in [0.3, 0.4) is 0 Å². The van der Waals surface area contributed by atoms with Crippen LogP contribution in [0, 0.1) is 16.7 Å². The fourth-order valence-electron chi connectivity index (χ4n) is 1.48. The molecule has 0 aliphatic rings. The number of nitrogens with zero attached hydrogens (tertiary/aromatic N) is 3. The van der Waals surface area contributed by atoms with Gasteiger partial charge in [-0.1, -0.05) is 23.4 Å². The molecule has 5 heteroatoms. The zero-order valence-corrected chi connectivity index (χ0v) is 10.9. The topological polar surface area (TPSA) is 86.6 Å². The number of hydrogen-bond donors (Lipinski definition) is 1. The van der Waals surface area contributed by atoms with Gasteiger partial charge in [0.25, 0.3) is 5.89 Å². The number of allylic oxidation sites excluding steroid dienone is 3. The van der Waals surface area contributed by atoms with Crippen molar-refractivity contribution in [2.45, 2.75) is 6.92 Å². The lowest BCUT2D eigenvalue weighted by molar-refractivity contribution is 0.428. The Hall–Kier alpha value is -3.00. The van der Waals surface area contributed by atoms with Crippen LogP contribution < -0.4 is 0 Å². The van der Waals surface area contributed by atoms with Gasteiger partial charge in [0.15, 0.2) is 5.82 Å². The second-order valence-electron chi connectivity index (χ2n) is 4.06. The van der Waals surface area contributed by atoms with E-state index in [0.29, 0.717) is 22.8 Å². The minimum Gasteiger partial charge on any atom is -0.334 e. The highest BCUT2D eigenvalue weighted by molar-refractivity contribution is 5.75. The molecule has 0 bridgehead atoms. The van der Waals surface area contributed by atoms with Crippen LogP contribution in [0.1, 0.15) is 18.3 Å². The molecule has 0 spiro atoms. The normalized spacial score (nSPS) is 11.5. The third kappa shape index (κ3) is 3.27. The molecule has 2 rings (SSSR count). The molecule has 0 aliphatic carbocycles. The summed E-state index contributed by atoms with van der Waals surface area (Å²) in [5.41, 5.74) is 2.08. The van der Waals surface area contributed by atoms with E-state index in [2.05, 4.69) is 16.2 Å². The Morgan fingerprint density at radius 1 is 1.45 bits per heavy atom. The highest BCUT2D eigenvalue weighted by atomic mass is 16.5. The first-order chi connectivity index (χ1) is 9.72. The van der Waals surface area contributed by atoms with E-state index in [-0.39, 0.29) is 0 Å². The van der Waals surface area contributed by atoms with Crippen molar-refractivity contribution in [1.82, 2.24) is 10.1 Å². The molecule has 1 N–H and O–H groups in total. The number of hydrogen-bond acceptors (Lipinski definition) is 5. The number of aromatic nitrogens is 2. The summed E-state index contributed by atoms with van der Waals surface area (Å²) in [5.74, 6) is 0.811. The van der Waals surface area contributed by atoms with Gasteiger partial charge in [0.05, 0.1) is 11.6 Å². The van der Waals surface area contributed by atoms with Gasteiger partial charge in [-0.15, -0.1) is 0 Å². The highest BCUT2D eigenvalue weighted by Gasteiger charge is 2.07. The van der Waals surface area contributed by atoms with Crippen molar-refractivity contribution in [3.63, 3.8) is 0 Å². The van der Waals surface area contributed by atoms with Gasteiger partial charge in [-0.25, -0.2) is 0 Å². The summed E-state index contributed by atoms with van der Waals surface area (Å²) in [6.07, 6.45) is 6.48. The average molecular weight is 264 g/mol. The molecular weight excluding hydrogens is 252 g/mol. The van der Waals surface area contributed by atoms with Gasteiger partial charge in [0.2, 0.25) is 0 Å². The first kappa shape index (κ1) is 13.4. The van der Waals surface area contributed by atoms with Crippen LogP contribution in [0.15, 0.2) is 46.5 Å². The zero-order chi connectivity index (χ0) is 14.4. The molecule has 0 fully saturated rings. The molecule has 98 valence electrons. The molecule has 1 aromatic heterocycles. The van der Waals surface area contributed by atoms with E-state index in [4.69, 9.17) is 15.2 Å². The van der Waals surface area contributed by atoms with E-state index < -0.39 is 0 Å². The van der Waals surface area contributed by atoms with E-state index in [1.807, 2.05) is 6.92 Å². The van der Waals surface area contributed by atoms with Crippen molar-refractivity contribution < 1.29 is 4.52 Å². The summed E-state index contributed by atoms with van der Waals surface area (Å²) in [6.45, 7) is 1.83. The van der Waals surface area contributed by atoms with Crippen LogP contribution in [0.25, 0.3) is 17.5 Å². The van der Waals surface area contributed by atoms with E-state index in [0.717, 1.165) is 5.57 Å². The van der Waals surface area contributed by atoms with Crippen molar-refractivity contribution in [2.75, 3.05) is 0 Å². The predicted molar refractivity (Wildman–Crippen MR) is 76.0 cm³/mol. The fraction of sp³-hybridized carbons (Fsp3) is 0.0667. The molecule has 0 aliphatic heterocycles. The van der Waals surface area contributed by atoms with Crippen LogP contribution in [0.2, 0.25) is 0 Å². The largest absolute Gasteiger partial charge is 0.334 e. The summed E-state index contributed by atoms with van der Waals surface area (Å²) >= 11 is 0. The first-order valence-electron chi connectivity index (χ1n) is 5.92. The summed E-state index contributed by atoms with van der Waals surface area (Å²) in [6, 6.07) is 9.05. The van der Waals surface area contributed by atoms with Crippen LogP contribution in [0.4, 0.5) is 0 Å². The maximum absolute atomic E-state index is 8.85. The minimum absolute atomic E-state index is 0.370. The van der Waals surface area contributed by atoms with Gasteiger partial charge >= 0.3 is 0 Å². The van der Waals surface area contributed by atoms with Gasteiger partial charge in [-0.3, -0.25) is 0 Å². The van der Waals surface area contributed by atoms with Gasteiger partial charge in [0.1, 0.15) is 0 Å². The molecule has 0 unspecified atom stereocenters.